The number of rotatable bonds is 6. The van der Waals surface area contributed by atoms with Gasteiger partial charge < -0.3 is 9.80 Å². The van der Waals surface area contributed by atoms with Crippen LogP contribution in [-0.2, 0) is 6.54 Å². The lowest BCUT2D eigenvalue weighted by molar-refractivity contribution is 0.0752. The first kappa shape index (κ1) is 19.3. The van der Waals surface area contributed by atoms with Crippen LogP contribution in [0.3, 0.4) is 0 Å². The Hall–Kier alpha value is -3.47. The monoisotopic (exact) mass is 373 g/mol. The smallest absolute Gasteiger partial charge is 0.259 e. The van der Waals surface area contributed by atoms with Crippen LogP contribution in [0.5, 0.6) is 0 Å². The number of nitrogens with zero attached hydrogens (tertiary/aromatic N) is 3. The van der Waals surface area contributed by atoms with Gasteiger partial charge in [0.25, 0.3) is 11.8 Å². The molecule has 0 atom stereocenters. The molecule has 5 nitrogen and oxygen atoms in total. The number of hydrogen-bond donors (Lipinski definition) is 0. The van der Waals surface area contributed by atoms with Crippen LogP contribution in [0.25, 0.3) is 0 Å². The van der Waals surface area contributed by atoms with E-state index < -0.39 is 0 Å². The number of benzene rings is 2. The molecule has 0 N–H and O–H groups in total. The number of pyridine rings is 1. The van der Waals surface area contributed by atoms with Gasteiger partial charge in [-0.1, -0.05) is 48.5 Å². The third kappa shape index (κ3) is 4.43. The van der Waals surface area contributed by atoms with Crippen molar-refractivity contribution in [3.63, 3.8) is 0 Å². The van der Waals surface area contributed by atoms with E-state index >= 15 is 0 Å². The molecule has 0 saturated heterocycles. The van der Waals surface area contributed by atoms with Gasteiger partial charge in [0.05, 0.1) is 11.1 Å². The zero-order chi connectivity index (χ0) is 19.9. The number of carbonyl (C=O) groups is 2. The predicted octanol–water partition coefficient (Wildman–Crippen LogP) is 4.02. The second-order valence-corrected chi connectivity index (χ2v) is 6.47. The van der Waals surface area contributed by atoms with Gasteiger partial charge in [-0.15, -0.1) is 0 Å². The summed E-state index contributed by atoms with van der Waals surface area (Å²) in [6.07, 6.45) is 3.00. The average molecular weight is 373 g/mol. The number of amides is 2. The van der Waals surface area contributed by atoms with Crippen LogP contribution in [0.2, 0.25) is 0 Å². The molecule has 2 amide bonds. The van der Waals surface area contributed by atoms with E-state index in [2.05, 4.69) is 4.98 Å². The Morgan fingerprint density at radius 1 is 0.857 bits per heavy atom. The molecule has 2 aromatic carbocycles. The van der Waals surface area contributed by atoms with Gasteiger partial charge >= 0.3 is 0 Å². The molecule has 28 heavy (non-hydrogen) atoms. The Morgan fingerprint density at radius 2 is 1.43 bits per heavy atom. The molecule has 0 aliphatic heterocycles. The summed E-state index contributed by atoms with van der Waals surface area (Å²) in [4.78, 5) is 33.2. The van der Waals surface area contributed by atoms with Crippen LogP contribution in [-0.4, -0.2) is 35.3 Å². The minimum absolute atomic E-state index is 0.143. The summed E-state index contributed by atoms with van der Waals surface area (Å²) < 4.78 is 0. The molecular formula is C23H23N3O2. The Morgan fingerprint density at radius 3 is 2.04 bits per heavy atom. The largest absolute Gasteiger partial charge is 0.335 e. The molecule has 0 fully saturated rings. The topological polar surface area (TPSA) is 53.5 Å². The fraction of sp³-hybridized carbons (Fsp3) is 0.174. The van der Waals surface area contributed by atoms with Crippen LogP contribution >= 0.6 is 0 Å². The van der Waals surface area contributed by atoms with Crippen molar-refractivity contribution in [3.05, 3.63) is 95.8 Å². The molecule has 142 valence electrons. The molecule has 3 rings (SSSR count). The molecule has 0 radical (unpaired) electrons. The maximum Gasteiger partial charge on any atom is 0.259 e. The summed E-state index contributed by atoms with van der Waals surface area (Å²) in [6, 6.07) is 20.8. The van der Waals surface area contributed by atoms with Gasteiger partial charge in [-0.05, 0) is 30.7 Å². The van der Waals surface area contributed by atoms with Gasteiger partial charge in [0.2, 0.25) is 0 Å². The number of aromatic nitrogens is 1. The molecule has 1 aromatic heterocycles. The summed E-state index contributed by atoms with van der Waals surface area (Å²) in [6.45, 7) is 3.01. The van der Waals surface area contributed by atoms with E-state index in [1.165, 1.54) is 12.4 Å². The fourth-order valence-corrected chi connectivity index (χ4v) is 2.95. The number of hydrogen-bond acceptors (Lipinski definition) is 3. The zero-order valence-electron chi connectivity index (χ0n) is 16.1. The standard InChI is InChI=1S/C23H23N3O2/c1-3-26(17-18-10-6-4-7-11-18)23(28)20-14-19(15-24-16-20)22(27)25(2)21-12-8-5-9-13-21/h4-16H,3,17H2,1-2H3. The van der Waals surface area contributed by atoms with Gasteiger partial charge in [0.15, 0.2) is 0 Å². The minimum Gasteiger partial charge on any atom is -0.335 e. The lowest BCUT2D eigenvalue weighted by Crippen LogP contribution is -2.31. The third-order valence-electron chi connectivity index (χ3n) is 4.57. The third-order valence-corrected chi connectivity index (χ3v) is 4.57. The van der Waals surface area contributed by atoms with E-state index in [0.29, 0.717) is 24.2 Å². The van der Waals surface area contributed by atoms with Crippen LogP contribution in [0.1, 0.15) is 33.2 Å². The van der Waals surface area contributed by atoms with Gasteiger partial charge in [0.1, 0.15) is 0 Å². The van der Waals surface area contributed by atoms with Crippen molar-refractivity contribution < 1.29 is 9.59 Å². The maximum atomic E-state index is 13.0. The van der Waals surface area contributed by atoms with Gasteiger partial charge in [-0.2, -0.15) is 0 Å². The molecule has 5 heteroatoms. The maximum absolute atomic E-state index is 13.0. The molecule has 0 aliphatic carbocycles. The van der Waals surface area contributed by atoms with Gasteiger partial charge in [-0.25, -0.2) is 0 Å². The Balaban J connectivity index is 1.79. The van der Waals surface area contributed by atoms with Crippen molar-refractivity contribution in [1.29, 1.82) is 0 Å². The van der Waals surface area contributed by atoms with E-state index in [4.69, 9.17) is 0 Å². The minimum atomic E-state index is -0.209. The lowest BCUT2D eigenvalue weighted by atomic mass is 10.1. The van der Waals surface area contributed by atoms with Gasteiger partial charge in [0, 0.05) is 38.2 Å². The SMILES string of the molecule is CCN(Cc1ccccc1)C(=O)c1cncc(C(=O)N(C)c2ccccc2)c1. The number of para-hydroxylation sites is 1. The fourth-order valence-electron chi connectivity index (χ4n) is 2.95. The lowest BCUT2D eigenvalue weighted by Gasteiger charge is -2.21. The molecule has 0 aliphatic rings. The summed E-state index contributed by atoms with van der Waals surface area (Å²) >= 11 is 0. The van der Waals surface area contributed by atoms with E-state index in [0.717, 1.165) is 11.3 Å². The van der Waals surface area contributed by atoms with Crippen molar-refractivity contribution in [2.24, 2.45) is 0 Å². The summed E-state index contributed by atoms with van der Waals surface area (Å²) in [5.74, 6) is -0.352. The van der Waals surface area contributed by atoms with Crippen LogP contribution in [0, 0.1) is 0 Å². The molecule has 1 heterocycles. The normalized spacial score (nSPS) is 10.4. The predicted molar refractivity (Wildman–Crippen MR) is 110 cm³/mol. The van der Waals surface area contributed by atoms with Crippen LogP contribution in [0.4, 0.5) is 5.69 Å². The highest BCUT2D eigenvalue weighted by atomic mass is 16.2. The van der Waals surface area contributed by atoms with Crippen molar-refractivity contribution in [3.8, 4) is 0 Å². The van der Waals surface area contributed by atoms with E-state index in [9.17, 15) is 9.59 Å². The summed E-state index contributed by atoms with van der Waals surface area (Å²) in [5.41, 5.74) is 2.63. The van der Waals surface area contributed by atoms with E-state index in [1.807, 2.05) is 67.6 Å². The Labute approximate surface area is 165 Å². The number of carbonyl (C=O) groups excluding carboxylic acids is 2. The average Bonchev–Trinajstić information content (AvgIpc) is 2.77. The molecular weight excluding hydrogens is 350 g/mol. The highest BCUT2D eigenvalue weighted by Gasteiger charge is 2.19. The summed E-state index contributed by atoms with van der Waals surface area (Å²) in [5, 5.41) is 0. The number of anilines is 1. The first-order chi connectivity index (χ1) is 13.6. The second-order valence-electron chi connectivity index (χ2n) is 6.47. The highest BCUT2D eigenvalue weighted by molar-refractivity contribution is 6.07. The molecule has 0 bridgehead atoms. The molecule has 3 aromatic rings. The Kier molecular flexibility index (Phi) is 6.17. The van der Waals surface area contributed by atoms with Crippen LogP contribution in [0.15, 0.2) is 79.1 Å². The molecule has 0 saturated carbocycles. The van der Waals surface area contributed by atoms with E-state index in [-0.39, 0.29) is 11.8 Å². The first-order valence-corrected chi connectivity index (χ1v) is 9.21. The van der Waals surface area contributed by atoms with Crippen molar-refractivity contribution in [2.45, 2.75) is 13.5 Å². The van der Waals surface area contributed by atoms with Crippen LogP contribution < -0.4 is 4.90 Å². The van der Waals surface area contributed by atoms with Crippen molar-refractivity contribution >= 4 is 17.5 Å². The second kappa shape index (κ2) is 8.95. The van der Waals surface area contributed by atoms with Gasteiger partial charge in [-0.3, -0.25) is 14.6 Å². The zero-order valence-corrected chi connectivity index (χ0v) is 16.1. The highest BCUT2D eigenvalue weighted by Crippen LogP contribution is 2.16. The van der Waals surface area contributed by atoms with E-state index in [1.54, 1.807) is 22.9 Å². The summed E-state index contributed by atoms with van der Waals surface area (Å²) in [7, 11) is 1.71. The molecule has 0 spiro atoms. The Bertz CT molecular complexity index is 942. The quantitative estimate of drug-likeness (QED) is 0.656. The first-order valence-electron chi connectivity index (χ1n) is 9.21. The van der Waals surface area contributed by atoms with Crippen molar-refractivity contribution in [2.75, 3.05) is 18.5 Å². The van der Waals surface area contributed by atoms with Crippen molar-refractivity contribution in [1.82, 2.24) is 9.88 Å². The molecule has 0 unspecified atom stereocenters.